The normalized spacial score (nSPS) is 54.6. The molecule has 0 aromatic rings. The molecule has 0 amide bonds. The second kappa shape index (κ2) is 5.36. The lowest BCUT2D eigenvalue weighted by atomic mass is 9.36. The highest BCUT2D eigenvalue weighted by Crippen LogP contribution is 2.78. The van der Waals surface area contributed by atoms with Crippen molar-refractivity contribution < 1.29 is 9.53 Å². The van der Waals surface area contributed by atoms with Crippen LogP contribution in [-0.4, -0.2) is 11.6 Å². The molecule has 0 radical (unpaired) electrons. The van der Waals surface area contributed by atoms with Crippen LogP contribution in [0.3, 0.4) is 0 Å². The lowest BCUT2D eigenvalue weighted by Gasteiger charge is -2.65. The topological polar surface area (TPSA) is 26.3 Å². The first kappa shape index (κ1) is 19.4. The van der Waals surface area contributed by atoms with Crippen LogP contribution < -0.4 is 0 Å². The molecule has 3 saturated carbocycles. The van der Waals surface area contributed by atoms with E-state index in [1.165, 1.54) is 24.0 Å². The Morgan fingerprint density at radius 1 is 1.03 bits per heavy atom. The third-order valence-corrected chi connectivity index (χ3v) is 11.5. The molecule has 6 rings (SSSR count). The standard InChI is InChI=1S/C28H38O2/c1-17(2)19-8-7-18-11-14-27-22(28(18,19)30-23(27)29)10-9-21-25(5)16-15-24(3,4)20(25)12-13-26(21,27)6/h11,15-16,19-22H,1,7-10,12-14H2,2-6H3/t19-,20-,21+,22-,25-,26+,27+,28-/m0/s1. The second-order valence-electron chi connectivity index (χ2n) is 12.7. The molecule has 1 aliphatic heterocycles. The van der Waals surface area contributed by atoms with E-state index in [9.17, 15) is 4.79 Å². The molecule has 30 heavy (non-hydrogen) atoms. The van der Waals surface area contributed by atoms with Gasteiger partial charge in [0, 0.05) is 11.8 Å². The van der Waals surface area contributed by atoms with Crippen LogP contribution in [0.2, 0.25) is 0 Å². The molecular weight excluding hydrogens is 368 g/mol. The van der Waals surface area contributed by atoms with Crippen molar-refractivity contribution in [2.24, 2.45) is 45.3 Å². The smallest absolute Gasteiger partial charge is 0.314 e. The van der Waals surface area contributed by atoms with Gasteiger partial charge in [0.25, 0.3) is 0 Å². The highest BCUT2D eigenvalue weighted by molar-refractivity contribution is 5.84. The van der Waals surface area contributed by atoms with Gasteiger partial charge in [0.1, 0.15) is 5.60 Å². The molecule has 2 heteroatoms. The lowest BCUT2D eigenvalue weighted by Crippen LogP contribution is -2.64. The fourth-order valence-electron chi connectivity index (χ4n) is 10.3. The third kappa shape index (κ3) is 1.77. The van der Waals surface area contributed by atoms with Crippen molar-refractivity contribution >= 4 is 5.97 Å². The molecular formula is C28H38O2. The zero-order valence-corrected chi connectivity index (χ0v) is 19.5. The van der Waals surface area contributed by atoms with Crippen LogP contribution in [0.1, 0.15) is 79.6 Å². The summed E-state index contributed by atoms with van der Waals surface area (Å²) < 4.78 is 6.62. The van der Waals surface area contributed by atoms with E-state index in [0.29, 0.717) is 23.7 Å². The number of esters is 1. The summed E-state index contributed by atoms with van der Waals surface area (Å²) in [6.45, 7) is 16.3. The highest BCUT2D eigenvalue weighted by atomic mass is 16.6. The van der Waals surface area contributed by atoms with E-state index >= 15 is 0 Å². The zero-order chi connectivity index (χ0) is 21.3. The van der Waals surface area contributed by atoms with Gasteiger partial charge in [-0.15, -0.1) is 0 Å². The van der Waals surface area contributed by atoms with E-state index in [4.69, 9.17) is 4.74 Å². The van der Waals surface area contributed by atoms with E-state index in [1.54, 1.807) is 0 Å². The van der Waals surface area contributed by atoms with Crippen molar-refractivity contribution in [2.45, 2.75) is 85.2 Å². The number of allylic oxidation sites excluding steroid dienone is 3. The molecule has 5 aliphatic carbocycles. The maximum atomic E-state index is 14.0. The van der Waals surface area contributed by atoms with Crippen LogP contribution in [0, 0.1) is 45.3 Å². The average Bonchev–Trinajstić information content (AvgIpc) is 3.22. The zero-order valence-electron chi connectivity index (χ0n) is 19.5. The molecule has 6 aliphatic rings. The number of ether oxygens (including phenoxy) is 1. The summed E-state index contributed by atoms with van der Waals surface area (Å²) in [5, 5.41) is 0. The molecule has 4 fully saturated rings. The van der Waals surface area contributed by atoms with Crippen LogP contribution >= 0.6 is 0 Å². The van der Waals surface area contributed by atoms with E-state index in [0.717, 1.165) is 32.1 Å². The molecule has 1 spiro atoms. The first-order chi connectivity index (χ1) is 14.0. The number of rotatable bonds is 1. The van der Waals surface area contributed by atoms with Crippen molar-refractivity contribution in [1.29, 1.82) is 0 Å². The monoisotopic (exact) mass is 406 g/mol. The van der Waals surface area contributed by atoms with Crippen LogP contribution in [0.25, 0.3) is 0 Å². The molecule has 0 unspecified atom stereocenters. The minimum absolute atomic E-state index is 0.0107. The maximum absolute atomic E-state index is 14.0. The number of carbonyl (C=O) groups is 1. The average molecular weight is 407 g/mol. The molecule has 2 bridgehead atoms. The molecule has 0 N–H and O–H groups in total. The first-order valence-corrected chi connectivity index (χ1v) is 12.3. The number of hydrogen-bond donors (Lipinski definition) is 0. The minimum atomic E-state index is -0.377. The van der Waals surface area contributed by atoms with Gasteiger partial charge in [-0.3, -0.25) is 4.79 Å². The van der Waals surface area contributed by atoms with Crippen molar-refractivity contribution in [3.8, 4) is 0 Å². The van der Waals surface area contributed by atoms with Gasteiger partial charge >= 0.3 is 5.97 Å². The number of fused-ring (bicyclic) bond motifs is 3. The molecule has 8 atom stereocenters. The van der Waals surface area contributed by atoms with Gasteiger partial charge in [0.05, 0.1) is 5.41 Å². The van der Waals surface area contributed by atoms with Gasteiger partial charge in [-0.05, 0) is 85.5 Å². The van der Waals surface area contributed by atoms with Crippen molar-refractivity contribution in [1.82, 2.24) is 0 Å². The summed E-state index contributed by atoms with van der Waals surface area (Å²) in [5.41, 5.74) is 2.37. The molecule has 1 saturated heterocycles. The van der Waals surface area contributed by atoms with Crippen LogP contribution in [0.5, 0.6) is 0 Å². The Kier molecular flexibility index (Phi) is 3.46. The fraction of sp³-hybridized carbons (Fsp3) is 0.750. The van der Waals surface area contributed by atoms with Crippen molar-refractivity contribution in [3.05, 3.63) is 36.0 Å². The van der Waals surface area contributed by atoms with Gasteiger partial charge < -0.3 is 4.74 Å². The quantitative estimate of drug-likeness (QED) is 0.361. The van der Waals surface area contributed by atoms with Gasteiger partial charge in [0.15, 0.2) is 0 Å². The van der Waals surface area contributed by atoms with E-state index in [1.807, 2.05) is 0 Å². The molecule has 162 valence electrons. The van der Waals surface area contributed by atoms with E-state index in [2.05, 4.69) is 59.4 Å². The molecule has 1 heterocycles. The Labute approximate surface area is 182 Å². The number of carbonyl (C=O) groups excluding carboxylic acids is 1. The fourth-order valence-corrected chi connectivity index (χ4v) is 10.3. The third-order valence-electron chi connectivity index (χ3n) is 11.5. The predicted molar refractivity (Wildman–Crippen MR) is 120 cm³/mol. The van der Waals surface area contributed by atoms with Gasteiger partial charge in [-0.2, -0.15) is 0 Å². The van der Waals surface area contributed by atoms with Crippen molar-refractivity contribution in [2.75, 3.05) is 0 Å². The van der Waals surface area contributed by atoms with Gasteiger partial charge in [0.2, 0.25) is 0 Å². The van der Waals surface area contributed by atoms with E-state index < -0.39 is 0 Å². The van der Waals surface area contributed by atoms with Gasteiger partial charge in [-0.25, -0.2) is 0 Å². The van der Waals surface area contributed by atoms with Crippen LogP contribution in [-0.2, 0) is 9.53 Å². The summed E-state index contributed by atoms with van der Waals surface area (Å²) in [6, 6.07) is 0. The summed E-state index contributed by atoms with van der Waals surface area (Å²) >= 11 is 0. The Morgan fingerprint density at radius 3 is 2.50 bits per heavy atom. The Balaban J connectivity index is 1.51. The second-order valence-corrected chi connectivity index (χ2v) is 12.7. The summed E-state index contributed by atoms with van der Waals surface area (Å²) in [6.07, 6.45) is 15.3. The molecule has 0 aromatic carbocycles. The van der Waals surface area contributed by atoms with Crippen molar-refractivity contribution in [3.63, 3.8) is 0 Å². The van der Waals surface area contributed by atoms with Gasteiger partial charge in [-0.1, -0.05) is 58.1 Å². The maximum Gasteiger partial charge on any atom is 0.314 e. The van der Waals surface area contributed by atoms with Crippen LogP contribution in [0.4, 0.5) is 0 Å². The predicted octanol–water partition coefficient (Wildman–Crippen LogP) is 6.63. The number of hydrogen-bond acceptors (Lipinski definition) is 2. The Morgan fingerprint density at radius 2 is 1.77 bits per heavy atom. The van der Waals surface area contributed by atoms with E-state index in [-0.39, 0.29) is 33.2 Å². The highest BCUT2D eigenvalue weighted by Gasteiger charge is 2.79. The lowest BCUT2D eigenvalue weighted by molar-refractivity contribution is -0.182. The molecule has 0 aromatic heterocycles. The summed E-state index contributed by atoms with van der Waals surface area (Å²) in [4.78, 5) is 14.0. The Hall–Kier alpha value is -1.31. The first-order valence-electron chi connectivity index (χ1n) is 12.3. The molecule has 2 nitrogen and oxygen atoms in total. The van der Waals surface area contributed by atoms with Crippen LogP contribution in [0.15, 0.2) is 36.0 Å². The SMILES string of the molecule is C=C(C)[C@@H]1CCC2=CC[C@]34C(=O)O[C@@]21[C@H]3CC[C@@H]1[C@@]2(C)C=CC(C)(C)[C@@H]2CC[C@]14C. The Bertz CT molecular complexity index is 923. The minimum Gasteiger partial charge on any atom is -0.453 e. The largest absolute Gasteiger partial charge is 0.453 e. The summed E-state index contributed by atoms with van der Waals surface area (Å²) in [7, 11) is 0. The summed E-state index contributed by atoms with van der Waals surface area (Å²) in [5.74, 6) is 2.01.